The zero-order valence-corrected chi connectivity index (χ0v) is 15.4. The van der Waals surface area contributed by atoms with Gasteiger partial charge in [0.1, 0.15) is 0 Å². The molecule has 2 heteroatoms. The summed E-state index contributed by atoms with van der Waals surface area (Å²) in [5.41, 5.74) is 7.72. The number of rotatable bonds is 3. The molecule has 0 radical (unpaired) electrons. The Balaban J connectivity index is 1.61. The second-order valence-corrected chi connectivity index (χ2v) is 7.10. The summed E-state index contributed by atoms with van der Waals surface area (Å²) in [6.07, 6.45) is 7.78. The highest BCUT2D eigenvalue weighted by Crippen LogP contribution is 2.48. The van der Waals surface area contributed by atoms with E-state index in [9.17, 15) is 0 Å². The van der Waals surface area contributed by atoms with Gasteiger partial charge in [-0.2, -0.15) is 0 Å². The van der Waals surface area contributed by atoms with Crippen LogP contribution in [0.2, 0.25) is 0 Å². The molecule has 0 aromatic heterocycles. The normalized spacial score (nSPS) is 17.3. The molecule has 0 amide bonds. The van der Waals surface area contributed by atoms with Crippen molar-refractivity contribution in [1.82, 2.24) is 0 Å². The van der Waals surface area contributed by atoms with Crippen LogP contribution in [0.1, 0.15) is 12.0 Å². The number of benzene rings is 3. The summed E-state index contributed by atoms with van der Waals surface area (Å²) in [6.45, 7) is 0. The van der Waals surface area contributed by atoms with Crippen molar-refractivity contribution in [3.05, 3.63) is 103 Å². The highest BCUT2D eigenvalue weighted by atomic mass is 15.2. The topological polar surface area (TPSA) is 6.48 Å². The van der Waals surface area contributed by atoms with Crippen LogP contribution in [0.25, 0.3) is 5.57 Å². The first-order valence-electron chi connectivity index (χ1n) is 9.47. The maximum atomic E-state index is 2.48. The molecule has 1 atom stereocenters. The second kappa shape index (κ2) is 6.48. The maximum Gasteiger partial charge on any atom is 0.0632 e. The van der Waals surface area contributed by atoms with Gasteiger partial charge in [-0.05, 0) is 54.5 Å². The molecule has 0 N–H and O–H groups in total. The van der Waals surface area contributed by atoms with Gasteiger partial charge in [0.05, 0.1) is 6.04 Å². The van der Waals surface area contributed by atoms with Crippen LogP contribution in [0.15, 0.2) is 97.1 Å². The second-order valence-electron chi connectivity index (χ2n) is 7.10. The van der Waals surface area contributed by atoms with Gasteiger partial charge in [-0.1, -0.05) is 54.6 Å². The molecule has 0 saturated carbocycles. The van der Waals surface area contributed by atoms with Crippen LogP contribution in [0.4, 0.5) is 22.7 Å². The van der Waals surface area contributed by atoms with Gasteiger partial charge in [-0.15, -0.1) is 0 Å². The minimum Gasteiger partial charge on any atom is -0.345 e. The van der Waals surface area contributed by atoms with Gasteiger partial charge in [0.2, 0.25) is 0 Å². The highest BCUT2D eigenvalue weighted by molar-refractivity contribution is 5.94. The van der Waals surface area contributed by atoms with Crippen molar-refractivity contribution >= 4 is 28.3 Å². The van der Waals surface area contributed by atoms with Gasteiger partial charge in [0, 0.05) is 35.4 Å². The average molecular weight is 350 g/mol. The summed E-state index contributed by atoms with van der Waals surface area (Å²) in [7, 11) is 2.13. The Morgan fingerprint density at radius 1 is 0.852 bits per heavy atom. The van der Waals surface area contributed by atoms with Crippen molar-refractivity contribution in [2.45, 2.75) is 12.5 Å². The van der Waals surface area contributed by atoms with Gasteiger partial charge >= 0.3 is 0 Å². The molecule has 1 aliphatic heterocycles. The van der Waals surface area contributed by atoms with Crippen molar-refractivity contribution in [3.63, 3.8) is 0 Å². The van der Waals surface area contributed by atoms with E-state index in [1.165, 1.54) is 33.9 Å². The predicted octanol–water partition coefficient (Wildman–Crippen LogP) is 6.32. The van der Waals surface area contributed by atoms with Crippen LogP contribution in [0.5, 0.6) is 0 Å². The van der Waals surface area contributed by atoms with Crippen LogP contribution in [-0.2, 0) is 0 Å². The smallest absolute Gasteiger partial charge is 0.0632 e. The first kappa shape index (κ1) is 16.0. The van der Waals surface area contributed by atoms with Gasteiger partial charge in [0.15, 0.2) is 0 Å². The fourth-order valence-electron chi connectivity index (χ4n) is 4.18. The van der Waals surface area contributed by atoms with Crippen molar-refractivity contribution in [3.8, 4) is 0 Å². The Morgan fingerprint density at radius 2 is 1.59 bits per heavy atom. The van der Waals surface area contributed by atoms with E-state index in [1.807, 2.05) is 0 Å². The maximum absolute atomic E-state index is 2.48. The molecular weight excluding hydrogens is 328 g/mol. The van der Waals surface area contributed by atoms with Crippen LogP contribution in [0.3, 0.4) is 0 Å². The Kier molecular flexibility index (Phi) is 3.83. The first-order valence-corrected chi connectivity index (χ1v) is 9.47. The lowest BCUT2D eigenvalue weighted by molar-refractivity contribution is 0.829. The van der Waals surface area contributed by atoms with Crippen LogP contribution < -0.4 is 9.80 Å². The number of para-hydroxylation sites is 2. The van der Waals surface area contributed by atoms with Crippen molar-refractivity contribution < 1.29 is 0 Å². The summed E-state index contributed by atoms with van der Waals surface area (Å²) >= 11 is 0. The van der Waals surface area contributed by atoms with E-state index in [0.717, 1.165) is 6.42 Å². The van der Waals surface area contributed by atoms with E-state index in [2.05, 4.69) is 114 Å². The fourth-order valence-corrected chi connectivity index (χ4v) is 4.18. The van der Waals surface area contributed by atoms with E-state index < -0.39 is 0 Å². The van der Waals surface area contributed by atoms with E-state index in [-0.39, 0.29) is 0 Å². The Labute approximate surface area is 160 Å². The molecule has 0 fully saturated rings. The fraction of sp³-hybridized carbons (Fsp3) is 0.120. The number of nitrogens with zero attached hydrogens (tertiary/aromatic N) is 2. The lowest BCUT2D eigenvalue weighted by Gasteiger charge is -2.28. The minimum absolute atomic E-state index is 0.379. The third kappa shape index (κ3) is 2.65. The van der Waals surface area contributed by atoms with E-state index in [4.69, 9.17) is 0 Å². The van der Waals surface area contributed by atoms with Crippen molar-refractivity contribution in [2.24, 2.45) is 0 Å². The first-order chi connectivity index (χ1) is 13.3. The molecule has 1 aliphatic carbocycles. The molecule has 1 heterocycles. The quantitative estimate of drug-likeness (QED) is 0.545. The molecule has 0 saturated heterocycles. The number of anilines is 4. The molecule has 0 bridgehead atoms. The Hall–Kier alpha value is -3.26. The molecule has 132 valence electrons. The molecular formula is C25H22N2. The molecule has 2 nitrogen and oxygen atoms in total. The third-order valence-corrected chi connectivity index (χ3v) is 5.56. The minimum atomic E-state index is 0.379. The zero-order chi connectivity index (χ0) is 18.2. The van der Waals surface area contributed by atoms with E-state index >= 15 is 0 Å². The predicted molar refractivity (Wildman–Crippen MR) is 115 cm³/mol. The lowest BCUT2D eigenvalue weighted by Crippen LogP contribution is -2.26. The summed E-state index contributed by atoms with van der Waals surface area (Å²) in [4.78, 5) is 4.73. The monoisotopic (exact) mass is 350 g/mol. The summed E-state index contributed by atoms with van der Waals surface area (Å²) in [6, 6.07) is 28.5. The third-order valence-electron chi connectivity index (χ3n) is 5.56. The Bertz CT molecular complexity index is 1020. The Morgan fingerprint density at radius 3 is 2.37 bits per heavy atom. The summed E-state index contributed by atoms with van der Waals surface area (Å²) in [5, 5.41) is 0. The summed E-state index contributed by atoms with van der Waals surface area (Å²) < 4.78 is 0. The van der Waals surface area contributed by atoms with E-state index in [1.54, 1.807) is 0 Å². The van der Waals surface area contributed by atoms with E-state index in [0.29, 0.717) is 6.04 Å². The van der Waals surface area contributed by atoms with Crippen LogP contribution >= 0.6 is 0 Å². The number of fused-ring (bicyclic) bond motifs is 3. The largest absolute Gasteiger partial charge is 0.345 e. The van der Waals surface area contributed by atoms with Gasteiger partial charge in [-0.25, -0.2) is 0 Å². The average Bonchev–Trinajstić information content (AvgIpc) is 3.08. The highest BCUT2D eigenvalue weighted by Gasteiger charge is 2.35. The number of hydrogen-bond acceptors (Lipinski definition) is 2. The van der Waals surface area contributed by atoms with Gasteiger partial charge < -0.3 is 9.80 Å². The van der Waals surface area contributed by atoms with Crippen molar-refractivity contribution in [2.75, 3.05) is 16.8 Å². The SMILES string of the molecule is CN(c1ccccc1)c1ccc2c(c1)C1=CC=CCC1N2c1ccccc1. The molecule has 27 heavy (non-hydrogen) atoms. The lowest BCUT2D eigenvalue weighted by atomic mass is 9.95. The number of hydrogen-bond donors (Lipinski definition) is 0. The zero-order valence-electron chi connectivity index (χ0n) is 15.4. The van der Waals surface area contributed by atoms with Crippen LogP contribution in [-0.4, -0.2) is 13.1 Å². The molecule has 2 aliphatic rings. The van der Waals surface area contributed by atoms with Crippen molar-refractivity contribution in [1.29, 1.82) is 0 Å². The van der Waals surface area contributed by atoms with Gasteiger partial charge in [-0.3, -0.25) is 0 Å². The number of allylic oxidation sites excluding steroid dienone is 2. The van der Waals surface area contributed by atoms with Crippen LogP contribution in [0, 0.1) is 0 Å². The standard InChI is InChI=1S/C25H22N2/c1-26(19-10-4-2-5-11-19)21-16-17-25-23(18-21)22-14-8-9-15-24(22)27(25)20-12-6-3-7-13-20/h2-14,16-18,24H,15H2,1H3. The summed E-state index contributed by atoms with van der Waals surface area (Å²) in [5.74, 6) is 0. The molecule has 3 aromatic carbocycles. The molecule has 5 rings (SSSR count). The molecule has 0 spiro atoms. The molecule has 1 unspecified atom stereocenters. The van der Waals surface area contributed by atoms with Gasteiger partial charge in [0.25, 0.3) is 0 Å². The molecule has 3 aromatic rings.